The number of ether oxygens (including phenoxy) is 3. The summed E-state index contributed by atoms with van der Waals surface area (Å²) in [6, 6.07) is 9.05. The van der Waals surface area contributed by atoms with Crippen LogP contribution in [0.3, 0.4) is 0 Å². The lowest BCUT2D eigenvalue weighted by atomic mass is 10.1. The van der Waals surface area contributed by atoms with Crippen LogP contribution in [0.4, 0.5) is 4.39 Å². The first-order chi connectivity index (χ1) is 13.9. The molecule has 7 nitrogen and oxygen atoms in total. The maximum atomic E-state index is 12.8. The minimum absolute atomic E-state index is 0.160. The molecule has 2 rings (SSSR count). The fraction of sp³-hybridized carbons (Fsp3) is 0.300. The number of hydrogen-bond donors (Lipinski definition) is 2. The first-order valence-corrected chi connectivity index (χ1v) is 9.83. The lowest BCUT2D eigenvalue weighted by molar-refractivity contribution is -0.128. The second-order valence-electron chi connectivity index (χ2n) is 5.97. The summed E-state index contributed by atoms with van der Waals surface area (Å²) < 4.78 is 28.5. The van der Waals surface area contributed by atoms with E-state index in [1.54, 1.807) is 14.2 Å². The number of thioether (sulfide) groups is 1. The van der Waals surface area contributed by atoms with Crippen LogP contribution in [0.1, 0.15) is 11.1 Å². The fourth-order valence-electron chi connectivity index (χ4n) is 2.32. The molecule has 0 aromatic heterocycles. The van der Waals surface area contributed by atoms with Gasteiger partial charge in [0.15, 0.2) is 18.1 Å². The topological polar surface area (TPSA) is 85.9 Å². The van der Waals surface area contributed by atoms with E-state index < -0.39 is 11.7 Å². The summed E-state index contributed by atoms with van der Waals surface area (Å²) in [7, 11) is 3.15. The Balaban J connectivity index is 1.70. The van der Waals surface area contributed by atoms with Gasteiger partial charge in [0.2, 0.25) is 5.91 Å². The van der Waals surface area contributed by atoms with E-state index in [4.69, 9.17) is 14.2 Å². The Kier molecular flexibility index (Phi) is 8.60. The Labute approximate surface area is 172 Å². The lowest BCUT2D eigenvalue weighted by Crippen LogP contribution is -2.44. The number of aryl methyl sites for hydroxylation is 1. The molecule has 0 unspecified atom stereocenters. The number of nitrogens with one attached hydrogen (secondary N) is 2. The summed E-state index contributed by atoms with van der Waals surface area (Å²) in [5.74, 6) is 1.14. The molecule has 0 heterocycles. The largest absolute Gasteiger partial charge is 0.493 e. The van der Waals surface area contributed by atoms with Crippen LogP contribution in [0.2, 0.25) is 0 Å². The molecule has 0 saturated carbocycles. The van der Waals surface area contributed by atoms with E-state index in [0.717, 1.165) is 11.1 Å². The first-order valence-electron chi connectivity index (χ1n) is 8.68. The van der Waals surface area contributed by atoms with E-state index in [-0.39, 0.29) is 18.3 Å². The van der Waals surface area contributed by atoms with Gasteiger partial charge in [0.05, 0.1) is 20.0 Å². The van der Waals surface area contributed by atoms with Crippen molar-refractivity contribution in [2.24, 2.45) is 0 Å². The molecule has 0 aliphatic heterocycles. The summed E-state index contributed by atoms with van der Waals surface area (Å²) in [4.78, 5) is 23.6. The third-order valence-electron chi connectivity index (χ3n) is 3.86. The highest BCUT2D eigenvalue weighted by atomic mass is 32.2. The van der Waals surface area contributed by atoms with Gasteiger partial charge in [-0.2, -0.15) is 0 Å². The Hall–Kier alpha value is -2.94. The molecule has 9 heteroatoms. The SMILES string of the molecule is COc1cc(C)c(CSCC(=O)NNC(=O)COc2ccc(F)cc2)cc1OC. The van der Waals surface area contributed by atoms with E-state index in [9.17, 15) is 14.0 Å². The zero-order chi connectivity index (χ0) is 21.2. The molecule has 156 valence electrons. The number of amides is 2. The van der Waals surface area contributed by atoms with Crippen molar-refractivity contribution in [3.8, 4) is 17.2 Å². The molecule has 2 aromatic rings. The van der Waals surface area contributed by atoms with Gasteiger partial charge >= 0.3 is 0 Å². The van der Waals surface area contributed by atoms with Crippen LogP contribution in [0.5, 0.6) is 17.2 Å². The molecular formula is C20H23FN2O5S. The highest BCUT2D eigenvalue weighted by Gasteiger charge is 2.10. The Bertz CT molecular complexity index is 846. The van der Waals surface area contributed by atoms with Crippen LogP contribution in [0.15, 0.2) is 36.4 Å². The van der Waals surface area contributed by atoms with E-state index in [0.29, 0.717) is 23.0 Å². The zero-order valence-electron chi connectivity index (χ0n) is 16.4. The second kappa shape index (κ2) is 11.2. The van der Waals surface area contributed by atoms with E-state index in [2.05, 4.69) is 10.9 Å². The maximum absolute atomic E-state index is 12.8. The number of carbonyl (C=O) groups is 2. The van der Waals surface area contributed by atoms with Crippen LogP contribution in [-0.2, 0) is 15.3 Å². The number of hydrazine groups is 1. The van der Waals surface area contributed by atoms with Crippen molar-refractivity contribution in [2.45, 2.75) is 12.7 Å². The van der Waals surface area contributed by atoms with Crippen molar-refractivity contribution in [1.29, 1.82) is 0 Å². The molecule has 0 spiro atoms. The number of methoxy groups -OCH3 is 2. The zero-order valence-corrected chi connectivity index (χ0v) is 17.2. The highest BCUT2D eigenvalue weighted by molar-refractivity contribution is 7.99. The molecule has 2 N–H and O–H groups in total. The standard InChI is InChI=1S/C20H23FN2O5S/c1-13-8-17(26-2)18(27-3)9-14(13)11-29-12-20(25)23-22-19(24)10-28-16-6-4-15(21)5-7-16/h4-9H,10-12H2,1-3H3,(H,22,24)(H,23,25). The molecule has 0 radical (unpaired) electrons. The molecule has 0 aliphatic carbocycles. The molecule has 0 aliphatic rings. The number of carbonyl (C=O) groups excluding carboxylic acids is 2. The van der Waals surface area contributed by atoms with Crippen LogP contribution >= 0.6 is 11.8 Å². The molecule has 29 heavy (non-hydrogen) atoms. The van der Waals surface area contributed by atoms with Crippen molar-refractivity contribution >= 4 is 23.6 Å². The average molecular weight is 422 g/mol. The molecule has 0 atom stereocenters. The van der Waals surface area contributed by atoms with Gasteiger partial charge in [-0.05, 0) is 54.4 Å². The van der Waals surface area contributed by atoms with Crippen molar-refractivity contribution in [3.63, 3.8) is 0 Å². The first kappa shape index (κ1) is 22.4. The normalized spacial score (nSPS) is 10.2. The van der Waals surface area contributed by atoms with Crippen LogP contribution in [0, 0.1) is 12.7 Å². The third kappa shape index (κ3) is 7.19. The number of benzene rings is 2. The smallest absolute Gasteiger partial charge is 0.276 e. The monoisotopic (exact) mass is 422 g/mol. The highest BCUT2D eigenvalue weighted by Crippen LogP contribution is 2.31. The van der Waals surface area contributed by atoms with Gasteiger partial charge in [0.25, 0.3) is 5.91 Å². The van der Waals surface area contributed by atoms with Crippen molar-refractivity contribution in [1.82, 2.24) is 10.9 Å². The van der Waals surface area contributed by atoms with Gasteiger partial charge in [-0.3, -0.25) is 20.4 Å². The van der Waals surface area contributed by atoms with Gasteiger partial charge < -0.3 is 14.2 Å². The molecule has 0 saturated heterocycles. The van der Waals surface area contributed by atoms with Crippen LogP contribution in [-0.4, -0.2) is 38.4 Å². The van der Waals surface area contributed by atoms with Crippen LogP contribution < -0.4 is 25.1 Å². The Morgan fingerprint density at radius 3 is 2.28 bits per heavy atom. The molecule has 0 fully saturated rings. The second-order valence-corrected chi connectivity index (χ2v) is 6.95. The van der Waals surface area contributed by atoms with Crippen molar-refractivity contribution in [2.75, 3.05) is 26.6 Å². The van der Waals surface area contributed by atoms with Gasteiger partial charge in [-0.15, -0.1) is 11.8 Å². The third-order valence-corrected chi connectivity index (χ3v) is 4.84. The summed E-state index contributed by atoms with van der Waals surface area (Å²) in [5, 5.41) is 0. The average Bonchev–Trinajstić information content (AvgIpc) is 2.72. The number of halogens is 1. The Morgan fingerprint density at radius 2 is 1.62 bits per heavy atom. The fourth-order valence-corrected chi connectivity index (χ4v) is 3.21. The van der Waals surface area contributed by atoms with Crippen molar-refractivity contribution < 1.29 is 28.2 Å². The Morgan fingerprint density at radius 1 is 1.00 bits per heavy atom. The predicted octanol–water partition coefficient (Wildman–Crippen LogP) is 2.61. The van der Waals surface area contributed by atoms with E-state index in [1.165, 1.54) is 36.0 Å². The van der Waals surface area contributed by atoms with E-state index in [1.807, 2.05) is 19.1 Å². The predicted molar refractivity (Wildman–Crippen MR) is 109 cm³/mol. The van der Waals surface area contributed by atoms with Crippen molar-refractivity contribution in [3.05, 3.63) is 53.3 Å². The number of rotatable bonds is 9. The maximum Gasteiger partial charge on any atom is 0.276 e. The summed E-state index contributed by atoms with van der Waals surface area (Å²) in [5.41, 5.74) is 6.65. The molecular weight excluding hydrogens is 399 g/mol. The van der Waals surface area contributed by atoms with Gasteiger partial charge in [-0.25, -0.2) is 4.39 Å². The quantitative estimate of drug-likeness (QED) is 0.605. The minimum atomic E-state index is -0.525. The lowest BCUT2D eigenvalue weighted by Gasteiger charge is -2.13. The summed E-state index contributed by atoms with van der Waals surface area (Å²) in [6.45, 7) is 1.66. The summed E-state index contributed by atoms with van der Waals surface area (Å²) >= 11 is 1.40. The summed E-state index contributed by atoms with van der Waals surface area (Å²) in [6.07, 6.45) is 0. The molecule has 2 amide bonds. The minimum Gasteiger partial charge on any atom is -0.493 e. The van der Waals surface area contributed by atoms with Crippen LogP contribution in [0.25, 0.3) is 0 Å². The number of hydrogen-bond acceptors (Lipinski definition) is 6. The van der Waals surface area contributed by atoms with E-state index >= 15 is 0 Å². The van der Waals surface area contributed by atoms with Gasteiger partial charge in [0, 0.05) is 5.75 Å². The molecule has 2 aromatic carbocycles. The molecule has 0 bridgehead atoms. The van der Waals surface area contributed by atoms with Gasteiger partial charge in [0.1, 0.15) is 11.6 Å². The van der Waals surface area contributed by atoms with Gasteiger partial charge in [-0.1, -0.05) is 0 Å².